The molecule has 1 aliphatic rings. The van der Waals surface area contributed by atoms with Crippen LogP contribution in [0.5, 0.6) is 17.2 Å². The molecule has 8 heteroatoms. The highest BCUT2D eigenvalue weighted by molar-refractivity contribution is 7.92. The van der Waals surface area contributed by atoms with E-state index in [1.807, 2.05) is 0 Å². The van der Waals surface area contributed by atoms with Gasteiger partial charge in [-0.05, 0) is 30.3 Å². The normalized spacial score (nSPS) is 13.9. The summed E-state index contributed by atoms with van der Waals surface area (Å²) in [6, 6.07) is 9.29. The fraction of sp³-hybridized carbons (Fsp3) is 0.250. The number of halogens is 1. The van der Waals surface area contributed by atoms with Crippen LogP contribution in [0.15, 0.2) is 41.3 Å². The van der Waals surface area contributed by atoms with Gasteiger partial charge in [-0.2, -0.15) is 0 Å². The summed E-state index contributed by atoms with van der Waals surface area (Å²) in [7, 11) is -2.47. The van der Waals surface area contributed by atoms with Crippen LogP contribution in [0.1, 0.15) is 6.42 Å². The quantitative estimate of drug-likeness (QED) is 0.895. The summed E-state index contributed by atoms with van der Waals surface area (Å²) in [5.74, 6) is 1.31. The highest BCUT2D eigenvalue weighted by atomic mass is 35.5. The molecule has 3 rings (SSSR count). The van der Waals surface area contributed by atoms with Crippen LogP contribution < -0.4 is 18.9 Å². The first-order valence-electron chi connectivity index (χ1n) is 7.25. The Hall–Kier alpha value is -2.12. The first-order chi connectivity index (χ1) is 11.5. The van der Waals surface area contributed by atoms with Crippen molar-refractivity contribution < 1.29 is 22.6 Å². The van der Waals surface area contributed by atoms with Crippen LogP contribution in [-0.4, -0.2) is 28.7 Å². The van der Waals surface area contributed by atoms with E-state index in [0.29, 0.717) is 35.4 Å². The van der Waals surface area contributed by atoms with Crippen LogP contribution in [0.25, 0.3) is 0 Å². The molecule has 6 nitrogen and oxygen atoms in total. The molecule has 0 saturated carbocycles. The summed E-state index contributed by atoms with van der Waals surface area (Å²) in [5.41, 5.74) is 0.362. The lowest BCUT2D eigenvalue weighted by Crippen LogP contribution is -2.14. The molecule has 1 aliphatic heterocycles. The Labute approximate surface area is 145 Å². The zero-order valence-corrected chi connectivity index (χ0v) is 14.5. The Morgan fingerprint density at radius 3 is 2.58 bits per heavy atom. The fourth-order valence-electron chi connectivity index (χ4n) is 2.30. The maximum Gasteiger partial charge on any atom is 0.265 e. The van der Waals surface area contributed by atoms with Crippen LogP contribution in [-0.2, 0) is 10.0 Å². The lowest BCUT2D eigenvalue weighted by Gasteiger charge is -2.13. The van der Waals surface area contributed by atoms with Crippen LogP contribution in [0.2, 0.25) is 5.02 Å². The number of hydrogen-bond acceptors (Lipinski definition) is 5. The second kappa shape index (κ2) is 6.78. The van der Waals surface area contributed by atoms with Gasteiger partial charge in [-0.15, -0.1) is 0 Å². The number of fused-ring (bicyclic) bond motifs is 1. The number of sulfonamides is 1. The fourth-order valence-corrected chi connectivity index (χ4v) is 3.78. The summed E-state index contributed by atoms with van der Waals surface area (Å²) in [4.78, 5) is -0.0374. The molecular formula is C16H16ClNO5S. The number of hydrogen-bond donors (Lipinski definition) is 1. The molecule has 24 heavy (non-hydrogen) atoms. The molecule has 0 fully saturated rings. The summed E-state index contributed by atoms with van der Waals surface area (Å²) in [6.45, 7) is 1.09. The van der Waals surface area contributed by atoms with Gasteiger partial charge in [0.05, 0.1) is 26.0 Å². The summed E-state index contributed by atoms with van der Waals surface area (Å²) in [6.07, 6.45) is 0.773. The summed E-state index contributed by atoms with van der Waals surface area (Å²) in [5, 5.41) is 0.301. The van der Waals surface area contributed by atoms with Gasteiger partial charge in [0.15, 0.2) is 11.5 Å². The lowest BCUT2D eigenvalue weighted by atomic mass is 10.3. The molecule has 0 spiro atoms. The number of anilines is 1. The van der Waals surface area contributed by atoms with Crippen molar-refractivity contribution in [3.05, 3.63) is 41.4 Å². The van der Waals surface area contributed by atoms with Gasteiger partial charge >= 0.3 is 0 Å². The van der Waals surface area contributed by atoms with Crippen LogP contribution in [0.3, 0.4) is 0 Å². The molecule has 1 N–H and O–H groups in total. The molecule has 2 aromatic rings. The van der Waals surface area contributed by atoms with Crippen molar-refractivity contribution in [2.45, 2.75) is 11.3 Å². The molecule has 0 radical (unpaired) electrons. The number of methoxy groups -OCH3 is 1. The Morgan fingerprint density at radius 2 is 1.83 bits per heavy atom. The minimum Gasteiger partial charge on any atom is -0.495 e. The van der Waals surface area contributed by atoms with E-state index in [1.54, 1.807) is 24.3 Å². The Balaban J connectivity index is 1.93. The number of rotatable bonds is 4. The molecule has 0 bridgehead atoms. The highest BCUT2D eigenvalue weighted by Gasteiger charge is 2.21. The van der Waals surface area contributed by atoms with Gasteiger partial charge in [-0.1, -0.05) is 11.6 Å². The van der Waals surface area contributed by atoms with Gasteiger partial charge in [0, 0.05) is 17.5 Å². The second-order valence-electron chi connectivity index (χ2n) is 5.11. The minimum atomic E-state index is -3.87. The zero-order valence-electron chi connectivity index (χ0n) is 12.9. The van der Waals surface area contributed by atoms with Crippen LogP contribution in [0.4, 0.5) is 5.69 Å². The molecule has 0 unspecified atom stereocenters. The third kappa shape index (κ3) is 3.52. The minimum absolute atomic E-state index is 0.0374. The average Bonchev–Trinajstić information content (AvgIpc) is 2.79. The maximum atomic E-state index is 12.6. The predicted octanol–water partition coefficient (Wildman–Crippen LogP) is 3.31. The van der Waals surface area contributed by atoms with Gasteiger partial charge in [0.25, 0.3) is 10.0 Å². The third-order valence-corrected chi connectivity index (χ3v) is 5.05. The standard InChI is InChI=1S/C16H16ClNO5S/c1-21-14-5-3-11(17)9-16(14)24(19,20)18-12-4-6-13-15(10-12)23-8-2-7-22-13/h3-6,9-10,18H,2,7-8H2,1H3. The van der Waals surface area contributed by atoms with Crippen LogP contribution >= 0.6 is 11.6 Å². The lowest BCUT2D eigenvalue weighted by molar-refractivity contribution is 0.297. The van der Waals surface area contributed by atoms with Gasteiger partial charge in [-0.3, -0.25) is 4.72 Å². The van der Waals surface area contributed by atoms with E-state index in [9.17, 15) is 8.42 Å². The predicted molar refractivity (Wildman–Crippen MR) is 90.9 cm³/mol. The van der Waals surface area contributed by atoms with E-state index in [-0.39, 0.29) is 10.6 Å². The Morgan fingerprint density at radius 1 is 1.08 bits per heavy atom. The van der Waals surface area contributed by atoms with Crippen molar-refractivity contribution in [1.29, 1.82) is 0 Å². The van der Waals surface area contributed by atoms with Crippen LogP contribution in [0, 0.1) is 0 Å². The average molecular weight is 370 g/mol. The maximum absolute atomic E-state index is 12.6. The monoisotopic (exact) mass is 369 g/mol. The zero-order chi connectivity index (χ0) is 17.2. The SMILES string of the molecule is COc1ccc(Cl)cc1S(=O)(=O)Nc1ccc2c(c1)OCCCO2. The van der Waals surface area contributed by atoms with Crippen molar-refractivity contribution in [3.63, 3.8) is 0 Å². The van der Waals surface area contributed by atoms with E-state index in [1.165, 1.54) is 19.2 Å². The first kappa shape index (κ1) is 16.7. The van der Waals surface area contributed by atoms with Gasteiger partial charge in [-0.25, -0.2) is 8.42 Å². The molecule has 0 saturated heterocycles. The Bertz CT molecular complexity index is 854. The van der Waals surface area contributed by atoms with E-state index in [2.05, 4.69) is 4.72 Å². The highest BCUT2D eigenvalue weighted by Crippen LogP contribution is 2.34. The number of ether oxygens (including phenoxy) is 3. The van der Waals surface area contributed by atoms with E-state index < -0.39 is 10.0 Å². The third-order valence-electron chi connectivity index (χ3n) is 3.41. The van der Waals surface area contributed by atoms with Crippen molar-refractivity contribution in [1.82, 2.24) is 0 Å². The second-order valence-corrected chi connectivity index (χ2v) is 7.20. The summed E-state index contributed by atoms with van der Waals surface area (Å²) >= 11 is 5.91. The van der Waals surface area contributed by atoms with E-state index in [0.717, 1.165) is 6.42 Å². The van der Waals surface area contributed by atoms with Gasteiger partial charge in [0.1, 0.15) is 10.6 Å². The van der Waals surface area contributed by atoms with Crippen molar-refractivity contribution in [2.75, 3.05) is 25.0 Å². The molecule has 0 atom stereocenters. The topological polar surface area (TPSA) is 73.9 Å². The molecule has 0 amide bonds. The van der Waals surface area contributed by atoms with Gasteiger partial charge < -0.3 is 14.2 Å². The number of nitrogens with one attached hydrogen (secondary N) is 1. The molecule has 0 aliphatic carbocycles. The molecule has 1 heterocycles. The summed E-state index contributed by atoms with van der Waals surface area (Å²) < 4.78 is 44.0. The Kier molecular flexibility index (Phi) is 4.73. The van der Waals surface area contributed by atoms with Crippen molar-refractivity contribution in [3.8, 4) is 17.2 Å². The van der Waals surface area contributed by atoms with E-state index in [4.69, 9.17) is 25.8 Å². The molecule has 2 aromatic carbocycles. The largest absolute Gasteiger partial charge is 0.495 e. The molecule has 0 aromatic heterocycles. The smallest absolute Gasteiger partial charge is 0.265 e. The van der Waals surface area contributed by atoms with Gasteiger partial charge in [0.2, 0.25) is 0 Å². The molecule has 128 valence electrons. The first-order valence-corrected chi connectivity index (χ1v) is 9.12. The van der Waals surface area contributed by atoms with E-state index >= 15 is 0 Å². The number of benzene rings is 2. The molecular weight excluding hydrogens is 354 g/mol. The van der Waals surface area contributed by atoms with Crippen molar-refractivity contribution >= 4 is 27.3 Å². The van der Waals surface area contributed by atoms with Crippen molar-refractivity contribution in [2.24, 2.45) is 0 Å².